The van der Waals surface area contributed by atoms with E-state index in [0.717, 1.165) is 19.4 Å². The number of carbonyl (C=O) groups excluding carboxylic acids is 1. The second kappa shape index (κ2) is 5.48. The van der Waals surface area contributed by atoms with Gasteiger partial charge in [0.15, 0.2) is 0 Å². The molecule has 1 fully saturated rings. The zero-order chi connectivity index (χ0) is 13.1. The third-order valence-corrected chi connectivity index (χ3v) is 3.80. The maximum Gasteiger partial charge on any atom is 0.227 e. The van der Waals surface area contributed by atoms with Gasteiger partial charge < -0.3 is 10.6 Å². The summed E-state index contributed by atoms with van der Waals surface area (Å²) in [6.07, 6.45) is 5.66. The average Bonchev–Trinajstić information content (AvgIpc) is 2.87. The van der Waals surface area contributed by atoms with Gasteiger partial charge in [-0.2, -0.15) is 0 Å². The standard InChI is InChI=1S/C14H21N3O/c1-10(11(2)15)14(18)17-9-3-4-13(17)12-5-7-16-8-6-12/h5-8,10-11,13H,3-4,9,15H2,1-2H3. The molecule has 0 aromatic carbocycles. The molecule has 4 heteroatoms. The van der Waals surface area contributed by atoms with E-state index in [1.54, 1.807) is 12.4 Å². The van der Waals surface area contributed by atoms with E-state index in [9.17, 15) is 4.79 Å². The first-order chi connectivity index (χ1) is 8.61. The number of rotatable bonds is 3. The number of hydrogen-bond donors (Lipinski definition) is 1. The van der Waals surface area contributed by atoms with Gasteiger partial charge in [-0.05, 0) is 37.5 Å². The summed E-state index contributed by atoms with van der Waals surface area (Å²) in [5.41, 5.74) is 7.00. The molecule has 2 rings (SSSR count). The van der Waals surface area contributed by atoms with Crippen molar-refractivity contribution in [1.29, 1.82) is 0 Å². The molecule has 18 heavy (non-hydrogen) atoms. The molecule has 4 nitrogen and oxygen atoms in total. The SMILES string of the molecule is CC(N)C(C)C(=O)N1CCCC1c1ccncc1. The Bertz CT molecular complexity index is 405. The molecule has 1 amide bonds. The summed E-state index contributed by atoms with van der Waals surface area (Å²) in [6.45, 7) is 4.64. The van der Waals surface area contributed by atoms with Gasteiger partial charge in [0.05, 0.1) is 12.0 Å². The highest BCUT2D eigenvalue weighted by molar-refractivity contribution is 5.80. The van der Waals surface area contributed by atoms with Gasteiger partial charge in [0, 0.05) is 25.0 Å². The summed E-state index contributed by atoms with van der Waals surface area (Å²) in [5.74, 6) is 0.0525. The Hall–Kier alpha value is -1.42. The van der Waals surface area contributed by atoms with Crippen molar-refractivity contribution in [1.82, 2.24) is 9.88 Å². The fourth-order valence-electron chi connectivity index (χ4n) is 2.45. The lowest BCUT2D eigenvalue weighted by atomic mass is 10.0. The van der Waals surface area contributed by atoms with Crippen molar-refractivity contribution in [3.63, 3.8) is 0 Å². The van der Waals surface area contributed by atoms with Crippen LogP contribution in [0.3, 0.4) is 0 Å². The molecule has 0 bridgehead atoms. The topological polar surface area (TPSA) is 59.2 Å². The Balaban J connectivity index is 2.15. The molecule has 1 saturated heterocycles. The lowest BCUT2D eigenvalue weighted by molar-refractivity contribution is -0.136. The predicted molar refractivity (Wildman–Crippen MR) is 70.7 cm³/mol. The van der Waals surface area contributed by atoms with Crippen LogP contribution >= 0.6 is 0 Å². The molecule has 2 N–H and O–H groups in total. The van der Waals surface area contributed by atoms with Gasteiger partial charge in [0.2, 0.25) is 5.91 Å². The second-order valence-electron chi connectivity index (χ2n) is 5.12. The maximum absolute atomic E-state index is 12.4. The molecule has 0 aliphatic carbocycles. The van der Waals surface area contributed by atoms with Crippen LogP contribution in [0.15, 0.2) is 24.5 Å². The van der Waals surface area contributed by atoms with Crippen molar-refractivity contribution in [2.24, 2.45) is 11.7 Å². The van der Waals surface area contributed by atoms with Gasteiger partial charge in [-0.25, -0.2) is 0 Å². The van der Waals surface area contributed by atoms with Crippen molar-refractivity contribution in [2.45, 2.75) is 38.8 Å². The van der Waals surface area contributed by atoms with Gasteiger partial charge in [-0.1, -0.05) is 6.92 Å². The van der Waals surface area contributed by atoms with Crippen LogP contribution in [0.25, 0.3) is 0 Å². The molecular weight excluding hydrogens is 226 g/mol. The molecule has 98 valence electrons. The van der Waals surface area contributed by atoms with Crippen LogP contribution in [-0.4, -0.2) is 28.4 Å². The van der Waals surface area contributed by atoms with E-state index in [-0.39, 0.29) is 23.9 Å². The van der Waals surface area contributed by atoms with Crippen molar-refractivity contribution in [3.05, 3.63) is 30.1 Å². The predicted octanol–water partition coefficient (Wildman–Crippen LogP) is 1.73. The van der Waals surface area contributed by atoms with E-state index in [2.05, 4.69) is 4.98 Å². The summed E-state index contributed by atoms with van der Waals surface area (Å²) >= 11 is 0. The van der Waals surface area contributed by atoms with E-state index >= 15 is 0 Å². The lowest BCUT2D eigenvalue weighted by Crippen LogP contribution is -2.41. The van der Waals surface area contributed by atoms with Crippen LogP contribution < -0.4 is 5.73 Å². The quantitative estimate of drug-likeness (QED) is 0.885. The van der Waals surface area contributed by atoms with Gasteiger partial charge in [-0.15, -0.1) is 0 Å². The van der Waals surface area contributed by atoms with E-state index in [1.165, 1.54) is 5.56 Å². The molecule has 1 aliphatic heterocycles. The maximum atomic E-state index is 12.4. The molecule has 0 saturated carbocycles. The number of aromatic nitrogens is 1. The zero-order valence-electron chi connectivity index (χ0n) is 11.0. The number of pyridine rings is 1. The van der Waals surface area contributed by atoms with Crippen molar-refractivity contribution in [2.75, 3.05) is 6.54 Å². The zero-order valence-corrected chi connectivity index (χ0v) is 11.0. The van der Waals surface area contributed by atoms with Crippen molar-refractivity contribution in [3.8, 4) is 0 Å². The summed E-state index contributed by atoms with van der Waals surface area (Å²) in [4.78, 5) is 18.4. The fraction of sp³-hybridized carbons (Fsp3) is 0.571. The fourth-order valence-corrected chi connectivity index (χ4v) is 2.45. The summed E-state index contributed by atoms with van der Waals surface area (Å²) in [6, 6.07) is 4.08. The first-order valence-electron chi connectivity index (χ1n) is 6.57. The minimum absolute atomic E-state index is 0.101. The van der Waals surface area contributed by atoms with Gasteiger partial charge in [0.1, 0.15) is 0 Å². The van der Waals surface area contributed by atoms with Crippen LogP contribution in [0.5, 0.6) is 0 Å². The molecule has 3 atom stereocenters. The minimum atomic E-state index is -0.118. The Morgan fingerprint density at radius 3 is 2.72 bits per heavy atom. The Morgan fingerprint density at radius 1 is 1.44 bits per heavy atom. The van der Waals surface area contributed by atoms with Crippen molar-refractivity contribution >= 4 is 5.91 Å². The van der Waals surface area contributed by atoms with Gasteiger partial charge in [-0.3, -0.25) is 9.78 Å². The van der Waals surface area contributed by atoms with Gasteiger partial charge >= 0.3 is 0 Å². The van der Waals surface area contributed by atoms with E-state index in [1.807, 2.05) is 30.9 Å². The van der Waals surface area contributed by atoms with Crippen LogP contribution in [-0.2, 0) is 4.79 Å². The third-order valence-electron chi connectivity index (χ3n) is 3.80. The molecule has 0 spiro atoms. The largest absolute Gasteiger partial charge is 0.335 e. The molecule has 0 radical (unpaired) electrons. The van der Waals surface area contributed by atoms with Crippen LogP contribution in [0.4, 0.5) is 0 Å². The van der Waals surface area contributed by atoms with E-state index in [4.69, 9.17) is 5.73 Å². The normalized spacial score (nSPS) is 22.8. The minimum Gasteiger partial charge on any atom is -0.335 e. The number of amides is 1. The van der Waals surface area contributed by atoms with Crippen LogP contribution in [0.1, 0.15) is 38.3 Å². The third kappa shape index (κ3) is 2.53. The lowest BCUT2D eigenvalue weighted by Gasteiger charge is -2.29. The highest BCUT2D eigenvalue weighted by Gasteiger charge is 2.33. The van der Waals surface area contributed by atoms with E-state index < -0.39 is 0 Å². The average molecular weight is 247 g/mol. The number of nitrogens with zero attached hydrogens (tertiary/aromatic N) is 2. The number of carbonyl (C=O) groups is 1. The first kappa shape index (κ1) is 13.0. The Morgan fingerprint density at radius 2 is 2.11 bits per heavy atom. The highest BCUT2D eigenvalue weighted by Crippen LogP contribution is 2.32. The summed E-state index contributed by atoms with van der Waals surface area (Å²) < 4.78 is 0. The smallest absolute Gasteiger partial charge is 0.227 e. The highest BCUT2D eigenvalue weighted by atomic mass is 16.2. The monoisotopic (exact) mass is 247 g/mol. The Labute approximate surface area is 108 Å². The van der Waals surface area contributed by atoms with E-state index in [0.29, 0.717) is 0 Å². The Kier molecular flexibility index (Phi) is 3.97. The summed E-state index contributed by atoms with van der Waals surface area (Å²) in [5, 5.41) is 0. The summed E-state index contributed by atoms with van der Waals surface area (Å²) in [7, 11) is 0. The first-order valence-corrected chi connectivity index (χ1v) is 6.57. The van der Waals surface area contributed by atoms with Crippen LogP contribution in [0, 0.1) is 5.92 Å². The van der Waals surface area contributed by atoms with Crippen LogP contribution in [0.2, 0.25) is 0 Å². The van der Waals surface area contributed by atoms with Crippen molar-refractivity contribution < 1.29 is 4.79 Å². The van der Waals surface area contributed by atoms with Gasteiger partial charge in [0.25, 0.3) is 0 Å². The second-order valence-corrected chi connectivity index (χ2v) is 5.12. The molecule has 1 aromatic heterocycles. The molecular formula is C14H21N3O. The molecule has 1 aliphatic rings. The molecule has 2 heterocycles. The number of hydrogen-bond acceptors (Lipinski definition) is 3. The number of likely N-dealkylation sites (tertiary alicyclic amines) is 1. The number of nitrogens with two attached hydrogens (primary N) is 1. The molecule has 3 unspecified atom stereocenters. The molecule has 1 aromatic rings.